The van der Waals surface area contributed by atoms with Crippen molar-refractivity contribution in [1.82, 2.24) is 9.71 Å². The molecule has 0 aliphatic rings. The van der Waals surface area contributed by atoms with Gasteiger partial charge in [-0.15, -0.1) is 11.3 Å². The van der Waals surface area contributed by atoms with Crippen molar-refractivity contribution in [2.75, 3.05) is 12.3 Å². The number of nitrogens with zero attached hydrogens (tertiary/aromatic N) is 1. The molecular weight excluding hydrogens is 339 g/mol. The number of nitrogens with one attached hydrogen (secondary N) is 1. The van der Waals surface area contributed by atoms with Crippen LogP contribution in [0.1, 0.15) is 5.01 Å². The van der Waals surface area contributed by atoms with Crippen LogP contribution in [0.4, 0.5) is 18.9 Å². The Morgan fingerprint density at radius 2 is 1.86 bits per heavy atom. The van der Waals surface area contributed by atoms with Gasteiger partial charge in [-0.25, -0.2) is 18.1 Å². The zero-order valence-electron chi connectivity index (χ0n) is 11.1. The third-order valence-corrected chi connectivity index (χ3v) is 4.98. The molecule has 2 aromatic rings. The van der Waals surface area contributed by atoms with Crippen molar-refractivity contribution in [3.8, 4) is 10.4 Å². The number of anilines is 1. The fourth-order valence-electron chi connectivity index (χ4n) is 1.58. The van der Waals surface area contributed by atoms with Crippen LogP contribution in [0, 0.1) is 0 Å². The molecule has 3 N–H and O–H groups in total. The molecule has 120 valence electrons. The second-order valence-electron chi connectivity index (χ2n) is 4.33. The van der Waals surface area contributed by atoms with Crippen molar-refractivity contribution in [3.05, 3.63) is 35.5 Å². The molecule has 1 aromatic heterocycles. The highest BCUT2D eigenvalue weighted by atomic mass is 32.2. The highest BCUT2D eigenvalue weighted by molar-refractivity contribution is 7.90. The topological polar surface area (TPSA) is 85.1 Å². The maximum Gasteiger partial charge on any atom is 0.511 e. The number of hydrogen-bond donors (Lipinski definition) is 2. The van der Waals surface area contributed by atoms with E-state index in [4.69, 9.17) is 5.73 Å². The molecule has 10 heteroatoms. The van der Waals surface area contributed by atoms with E-state index in [0.29, 0.717) is 10.7 Å². The Balaban J connectivity index is 1.97. The van der Waals surface area contributed by atoms with Gasteiger partial charge in [-0.2, -0.15) is 13.2 Å². The molecule has 0 aliphatic carbocycles. The Labute approximate surface area is 129 Å². The Bertz CT molecular complexity index is 740. The monoisotopic (exact) mass is 351 g/mol. The van der Waals surface area contributed by atoms with Gasteiger partial charge >= 0.3 is 15.5 Å². The van der Waals surface area contributed by atoms with E-state index >= 15 is 0 Å². The average Bonchev–Trinajstić information content (AvgIpc) is 2.87. The van der Waals surface area contributed by atoms with E-state index in [1.807, 2.05) is 0 Å². The van der Waals surface area contributed by atoms with Crippen molar-refractivity contribution in [3.63, 3.8) is 0 Å². The van der Waals surface area contributed by atoms with Crippen LogP contribution in [0.2, 0.25) is 0 Å². The fraction of sp³-hybridized carbons (Fsp3) is 0.250. The summed E-state index contributed by atoms with van der Waals surface area (Å²) >= 11 is 1.28. The number of aromatic nitrogens is 1. The second-order valence-corrected chi connectivity index (χ2v) is 7.21. The van der Waals surface area contributed by atoms with E-state index in [2.05, 4.69) is 4.98 Å². The van der Waals surface area contributed by atoms with E-state index in [1.165, 1.54) is 16.1 Å². The molecule has 1 heterocycles. The van der Waals surface area contributed by atoms with Crippen LogP contribution in [0.15, 0.2) is 30.5 Å². The summed E-state index contributed by atoms with van der Waals surface area (Å²) in [5, 5.41) is 0.539. The summed E-state index contributed by atoms with van der Waals surface area (Å²) in [5.74, 6) is 0. The first-order valence-corrected chi connectivity index (χ1v) is 8.35. The minimum atomic E-state index is -5.31. The number of hydrogen-bond acceptors (Lipinski definition) is 5. The zero-order valence-corrected chi connectivity index (χ0v) is 12.7. The minimum Gasteiger partial charge on any atom is -0.399 e. The molecule has 0 spiro atoms. The molecule has 0 saturated carbocycles. The van der Waals surface area contributed by atoms with Gasteiger partial charge in [0.25, 0.3) is 0 Å². The van der Waals surface area contributed by atoms with Crippen molar-refractivity contribution >= 4 is 27.0 Å². The van der Waals surface area contributed by atoms with Crippen molar-refractivity contribution < 1.29 is 21.6 Å². The van der Waals surface area contributed by atoms with E-state index in [9.17, 15) is 21.6 Å². The van der Waals surface area contributed by atoms with E-state index in [-0.39, 0.29) is 13.0 Å². The molecule has 0 radical (unpaired) electrons. The highest BCUT2D eigenvalue weighted by Gasteiger charge is 2.45. The quantitative estimate of drug-likeness (QED) is 0.810. The summed E-state index contributed by atoms with van der Waals surface area (Å²) in [4.78, 5) is 4.90. The number of nitrogen functional groups attached to an aromatic ring is 1. The van der Waals surface area contributed by atoms with Crippen LogP contribution in [-0.4, -0.2) is 25.5 Å². The first kappa shape index (κ1) is 16.7. The van der Waals surface area contributed by atoms with Gasteiger partial charge in [0.1, 0.15) is 0 Å². The lowest BCUT2D eigenvalue weighted by Crippen LogP contribution is -2.37. The van der Waals surface area contributed by atoms with Gasteiger partial charge in [-0.3, -0.25) is 0 Å². The minimum absolute atomic E-state index is 0.0783. The second kappa shape index (κ2) is 6.23. The number of nitrogens with two attached hydrogens (primary N) is 1. The van der Waals surface area contributed by atoms with Crippen molar-refractivity contribution in [2.45, 2.75) is 11.9 Å². The van der Waals surface area contributed by atoms with E-state index < -0.39 is 15.5 Å². The Kier molecular flexibility index (Phi) is 4.73. The number of thiazole rings is 1. The third kappa shape index (κ3) is 3.96. The molecule has 5 nitrogen and oxygen atoms in total. The summed E-state index contributed by atoms with van der Waals surface area (Å²) < 4.78 is 59.6. The fourth-order valence-corrected chi connectivity index (χ4v) is 3.04. The number of halogens is 3. The SMILES string of the molecule is Nc1ccc(-c2cnc(CCNS(=O)(=O)C(F)(F)F)s2)cc1. The molecule has 0 fully saturated rings. The van der Waals surface area contributed by atoms with Crippen LogP contribution in [-0.2, 0) is 16.4 Å². The van der Waals surface area contributed by atoms with Crippen molar-refractivity contribution in [2.24, 2.45) is 0 Å². The molecule has 0 amide bonds. The molecule has 0 atom stereocenters. The third-order valence-electron chi connectivity index (χ3n) is 2.68. The summed E-state index contributed by atoms with van der Waals surface area (Å²) in [6.45, 7) is -0.365. The normalized spacial score (nSPS) is 12.5. The largest absolute Gasteiger partial charge is 0.511 e. The molecule has 0 bridgehead atoms. The van der Waals surface area contributed by atoms with Gasteiger partial charge in [0.2, 0.25) is 0 Å². The van der Waals surface area contributed by atoms with Crippen LogP contribution >= 0.6 is 11.3 Å². The highest BCUT2D eigenvalue weighted by Crippen LogP contribution is 2.27. The molecule has 0 aliphatic heterocycles. The van der Waals surface area contributed by atoms with Crippen LogP contribution in [0.5, 0.6) is 0 Å². The molecule has 22 heavy (non-hydrogen) atoms. The van der Waals surface area contributed by atoms with Crippen LogP contribution in [0.25, 0.3) is 10.4 Å². The predicted molar refractivity (Wildman–Crippen MR) is 78.6 cm³/mol. The van der Waals surface area contributed by atoms with Gasteiger partial charge in [0.15, 0.2) is 0 Å². The summed E-state index contributed by atoms with van der Waals surface area (Å²) in [7, 11) is -5.31. The number of sulfonamides is 1. The standard InChI is InChI=1S/C12H12F3N3O2S2/c13-12(14,15)22(19,20)18-6-5-11-17-7-10(21-11)8-1-3-9(16)4-2-8/h1-4,7,18H,5-6,16H2. The Morgan fingerprint density at radius 1 is 1.23 bits per heavy atom. The van der Waals surface area contributed by atoms with Gasteiger partial charge in [-0.05, 0) is 17.7 Å². The van der Waals surface area contributed by atoms with Crippen LogP contribution < -0.4 is 10.5 Å². The molecule has 2 rings (SSSR count). The molecular formula is C12H12F3N3O2S2. The first-order chi connectivity index (χ1) is 10.2. The number of alkyl halides is 3. The lowest BCUT2D eigenvalue weighted by atomic mass is 10.2. The Hall–Kier alpha value is -1.65. The van der Waals surface area contributed by atoms with Gasteiger partial charge in [-0.1, -0.05) is 12.1 Å². The lowest BCUT2D eigenvalue weighted by molar-refractivity contribution is -0.0447. The van der Waals surface area contributed by atoms with E-state index in [1.54, 1.807) is 30.5 Å². The van der Waals surface area contributed by atoms with Crippen LogP contribution in [0.3, 0.4) is 0 Å². The van der Waals surface area contributed by atoms with Gasteiger partial charge in [0.05, 0.1) is 9.88 Å². The predicted octanol–water partition coefficient (Wildman–Crippen LogP) is 2.37. The van der Waals surface area contributed by atoms with Gasteiger partial charge in [0, 0.05) is 24.8 Å². The summed E-state index contributed by atoms with van der Waals surface area (Å²) in [6.07, 6.45) is 1.67. The Morgan fingerprint density at radius 3 is 2.45 bits per heavy atom. The summed E-state index contributed by atoms with van der Waals surface area (Å²) in [5.41, 5.74) is 1.79. The van der Waals surface area contributed by atoms with Crippen molar-refractivity contribution in [1.29, 1.82) is 0 Å². The summed E-state index contributed by atoms with van der Waals surface area (Å²) in [6, 6.07) is 7.07. The maximum atomic E-state index is 12.1. The first-order valence-electron chi connectivity index (χ1n) is 6.05. The maximum absolute atomic E-state index is 12.1. The van der Waals surface area contributed by atoms with Gasteiger partial charge < -0.3 is 5.73 Å². The lowest BCUT2D eigenvalue weighted by Gasteiger charge is -2.08. The molecule has 1 aromatic carbocycles. The number of benzene rings is 1. The van der Waals surface area contributed by atoms with E-state index in [0.717, 1.165) is 10.4 Å². The zero-order chi connectivity index (χ0) is 16.4. The number of rotatable bonds is 5. The average molecular weight is 351 g/mol. The smallest absolute Gasteiger partial charge is 0.399 e. The molecule has 0 saturated heterocycles. The molecule has 0 unspecified atom stereocenters.